The van der Waals surface area contributed by atoms with Gasteiger partial charge in [-0.25, -0.2) is 4.79 Å². The Balaban J connectivity index is 2.42. The lowest BCUT2D eigenvalue weighted by Gasteiger charge is -2.16. The molecular formula is C10H9N5O4. The van der Waals surface area contributed by atoms with Crippen molar-refractivity contribution in [3.05, 3.63) is 43.5 Å². The van der Waals surface area contributed by atoms with Gasteiger partial charge >= 0.3 is 5.69 Å². The molecule has 1 aliphatic rings. The molecule has 0 spiro atoms. The summed E-state index contributed by atoms with van der Waals surface area (Å²) in [5.41, 5.74) is 7.08. The van der Waals surface area contributed by atoms with Gasteiger partial charge in [-0.1, -0.05) is 11.0 Å². The molecule has 1 saturated heterocycles. The van der Waals surface area contributed by atoms with Crippen molar-refractivity contribution in [1.29, 1.82) is 0 Å². The van der Waals surface area contributed by atoms with Gasteiger partial charge in [0.05, 0.1) is 0 Å². The van der Waals surface area contributed by atoms with E-state index in [0.717, 1.165) is 10.6 Å². The topological polar surface area (TPSA) is 133 Å². The number of aliphatic hydroxyl groups is 1. The first kappa shape index (κ1) is 12.9. The Morgan fingerprint density at radius 1 is 1.63 bits per heavy atom. The van der Waals surface area contributed by atoms with E-state index in [1.165, 1.54) is 6.20 Å². The molecule has 2 N–H and O–H groups in total. The van der Waals surface area contributed by atoms with Gasteiger partial charge in [-0.15, -0.1) is 6.42 Å². The second-order valence-electron chi connectivity index (χ2n) is 3.82. The lowest BCUT2D eigenvalue weighted by atomic mass is 10.1. The molecule has 0 bridgehead atoms. The van der Waals surface area contributed by atoms with E-state index in [1.807, 2.05) is 4.98 Å². The zero-order valence-corrected chi connectivity index (χ0v) is 9.50. The fraction of sp³-hybridized carbons (Fsp3) is 0.400. The highest BCUT2D eigenvalue weighted by molar-refractivity contribution is 5.09. The third kappa shape index (κ3) is 2.23. The predicted octanol–water partition coefficient (Wildman–Crippen LogP) is -0.893. The Bertz CT molecular complexity index is 680. The molecule has 2 rings (SSSR count). The maximum Gasteiger partial charge on any atom is 0.330 e. The van der Waals surface area contributed by atoms with Crippen LogP contribution in [0.1, 0.15) is 6.23 Å². The van der Waals surface area contributed by atoms with E-state index in [2.05, 4.69) is 15.9 Å². The van der Waals surface area contributed by atoms with Crippen molar-refractivity contribution in [3.8, 4) is 12.3 Å². The number of ether oxygens (including phenoxy) is 1. The molecule has 9 nitrogen and oxygen atoms in total. The summed E-state index contributed by atoms with van der Waals surface area (Å²) in [5.74, 6) is 2.23. The van der Waals surface area contributed by atoms with Gasteiger partial charge in [0.2, 0.25) is 0 Å². The Morgan fingerprint density at radius 2 is 2.37 bits per heavy atom. The fourth-order valence-corrected chi connectivity index (χ4v) is 1.84. The molecule has 0 saturated carbocycles. The highest BCUT2D eigenvalue weighted by Crippen LogP contribution is 2.30. The normalized spacial score (nSPS) is 29.5. The molecule has 1 fully saturated rings. The van der Waals surface area contributed by atoms with Gasteiger partial charge in [-0.3, -0.25) is 14.3 Å². The first-order chi connectivity index (χ1) is 9.08. The van der Waals surface area contributed by atoms with Crippen LogP contribution in [0.25, 0.3) is 10.4 Å². The number of aromatic amines is 1. The van der Waals surface area contributed by atoms with E-state index < -0.39 is 35.7 Å². The lowest BCUT2D eigenvalue weighted by Crippen LogP contribution is -2.36. The number of terminal acetylenes is 1. The molecule has 0 aliphatic carbocycles. The quantitative estimate of drug-likeness (QED) is 0.309. The number of hydrogen-bond acceptors (Lipinski definition) is 5. The minimum atomic E-state index is -1.29. The molecule has 1 aromatic rings. The minimum Gasteiger partial charge on any atom is -0.388 e. The molecular weight excluding hydrogens is 254 g/mol. The average molecular weight is 263 g/mol. The van der Waals surface area contributed by atoms with Crippen molar-refractivity contribution in [2.24, 2.45) is 5.11 Å². The van der Waals surface area contributed by atoms with Gasteiger partial charge in [0.25, 0.3) is 5.56 Å². The highest BCUT2D eigenvalue weighted by atomic mass is 16.5. The summed E-state index contributed by atoms with van der Waals surface area (Å²) in [6, 6.07) is 0.0994. The second kappa shape index (κ2) is 4.99. The zero-order chi connectivity index (χ0) is 14.0. The van der Waals surface area contributed by atoms with Crippen LogP contribution < -0.4 is 11.2 Å². The maximum atomic E-state index is 11.6. The van der Waals surface area contributed by atoms with E-state index in [4.69, 9.17) is 16.7 Å². The number of aliphatic hydroxyl groups excluding tert-OH is 1. The van der Waals surface area contributed by atoms with Gasteiger partial charge < -0.3 is 9.84 Å². The summed E-state index contributed by atoms with van der Waals surface area (Å²) in [7, 11) is 0. The molecule has 0 radical (unpaired) electrons. The van der Waals surface area contributed by atoms with Gasteiger partial charge in [0.15, 0.2) is 6.23 Å². The van der Waals surface area contributed by atoms with E-state index in [-0.39, 0.29) is 0 Å². The number of nitrogens with zero attached hydrogens (tertiary/aromatic N) is 4. The number of rotatable bonds is 2. The molecule has 0 amide bonds. The third-order valence-electron chi connectivity index (χ3n) is 2.71. The number of aromatic nitrogens is 2. The van der Waals surface area contributed by atoms with Crippen LogP contribution in [-0.4, -0.2) is 32.9 Å². The molecule has 19 heavy (non-hydrogen) atoms. The smallest absolute Gasteiger partial charge is 0.330 e. The minimum absolute atomic E-state index is 0.575. The number of H-pyrrole nitrogens is 1. The molecule has 4 atom stereocenters. The molecule has 1 aromatic heterocycles. The predicted molar refractivity (Wildman–Crippen MR) is 63.0 cm³/mol. The largest absolute Gasteiger partial charge is 0.388 e. The first-order valence-corrected chi connectivity index (χ1v) is 5.24. The Morgan fingerprint density at radius 3 is 2.95 bits per heavy atom. The molecule has 2 heterocycles. The van der Waals surface area contributed by atoms with Crippen molar-refractivity contribution in [1.82, 2.24) is 9.55 Å². The summed E-state index contributed by atoms with van der Waals surface area (Å²) in [4.78, 5) is 27.1. The molecule has 9 heteroatoms. The third-order valence-corrected chi connectivity index (χ3v) is 2.71. The van der Waals surface area contributed by atoms with Crippen LogP contribution in [0, 0.1) is 12.3 Å². The zero-order valence-electron chi connectivity index (χ0n) is 9.50. The Kier molecular flexibility index (Phi) is 3.39. The van der Waals surface area contributed by atoms with E-state index in [1.54, 1.807) is 0 Å². The maximum absolute atomic E-state index is 11.6. The van der Waals surface area contributed by atoms with Crippen LogP contribution >= 0.6 is 0 Å². The average Bonchev–Trinajstić information content (AvgIpc) is 2.68. The van der Waals surface area contributed by atoms with Crippen LogP contribution in [0.15, 0.2) is 27.0 Å². The lowest BCUT2D eigenvalue weighted by molar-refractivity contribution is -0.0261. The molecule has 0 aromatic carbocycles. The number of azide groups is 1. The van der Waals surface area contributed by atoms with Crippen LogP contribution in [0.2, 0.25) is 0 Å². The summed E-state index contributed by atoms with van der Waals surface area (Å²) < 4.78 is 6.26. The van der Waals surface area contributed by atoms with Gasteiger partial charge in [0.1, 0.15) is 18.2 Å². The van der Waals surface area contributed by atoms with E-state index >= 15 is 0 Å². The summed E-state index contributed by atoms with van der Waals surface area (Å²) >= 11 is 0. The van der Waals surface area contributed by atoms with Crippen molar-refractivity contribution < 1.29 is 9.84 Å². The second-order valence-corrected chi connectivity index (χ2v) is 3.82. The van der Waals surface area contributed by atoms with Crippen molar-refractivity contribution in [2.75, 3.05) is 0 Å². The van der Waals surface area contributed by atoms with Gasteiger partial charge in [0, 0.05) is 17.2 Å². The van der Waals surface area contributed by atoms with E-state index in [9.17, 15) is 14.7 Å². The number of hydrogen-bond donors (Lipinski definition) is 2. The van der Waals surface area contributed by atoms with Crippen LogP contribution in [-0.2, 0) is 4.74 Å². The molecule has 98 valence electrons. The van der Waals surface area contributed by atoms with Crippen molar-refractivity contribution in [3.63, 3.8) is 0 Å². The molecule has 1 aliphatic heterocycles. The van der Waals surface area contributed by atoms with Crippen molar-refractivity contribution >= 4 is 0 Å². The summed E-state index contributed by atoms with van der Waals surface area (Å²) in [6.07, 6.45) is 3.01. The van der Waals surface area contributed by atoms with Crippen molar-refractivity contribution in [2.45, 2.75) is 24.5 Å². The fourth-order valence-electron chi connectivity index (χ4n) is 1.84. The summed E-state index contributed by atoms with van der Waals surface area (Å²) in [5, 5.41) is 13.3. The van der Waals surface area contributed by atoms with E-state index in [0.29, 0.717) is 0 Å². The monoisotopic (exact) mass is 263 g/mol. The summed E-state index contributed by atoms with van der Waals surface area (Å²) in [6.45, 7) is 0. The molecule has 0 unspecified atom stereocenters. The highest BCUT2D eigenvalue weighted by Gasteiger charge is 2.43. The van der Waals surface area contributed by atoms with Crippen LogP contribution in [0.5, 0.6) is 0 Å². The van der Waals surface area contributed by atoms with Crippen LogP contribution in [0.3, 0.4) is 0 Å². The van der Waals surface area contributed by atoms with Gasteiger partial charge in [-0.05, 0) is 5.53 Å². The Labute approximate surface area is 106 Å². The first-order valence-electron chi connectivity index (χ1n) is 5.24. The number of nitrogens with one attached hydrogen (secondary N) is 1. The standard InChI is InChI=1S/C10H9N5O4/c1-2-5-7(13-14-11)8(17)9(19-5)15-4-3-6(16)12-10(15)18/h1,3-5,7-9,17H,(H,12,16,18)/t5-,7-,8+,9-/m1/s1. The van der Waals surface area contributed by atoms with Gasteiger partial charge in [-0.2, -0.15) is 0 Å². The Hall–Kier alpha value is -2.53. The SMILES string of the molecule is C#C[C@H]1O[C@@H](n2ccc(=O)[nH]c2=O)[C@@H](O)[C@@H]1N=[N+]=[N-]. The van der Waals surface area contributed by atoms with Crippen LogP contribution in [0.4, 0.5) is 0 Å².